The number of benzene rings is 1. The average molecular weight is 453 g/mol. The van der Waals surface area contributed by atoms with Gasteiger partial charge in [-0.05, 0) is 55.4 Å². The zero-order chi connectivity index (χ0) is 16.8. The van der Waals surface area contributed by atoms with E-state index >= 15 is 0 Å². The lowest BCUT2D eigenvalue weighted by Crippen LogP contribution is -2.44. The lowest BCUT2D eigenvalue weighted by Gasteiger charge is -2.28. The van der Waals surface area contributed by atoms with Crippen molar-refractivity contribution in [1.29, 1.82) is 0 Å². The Morgan fingerprint density at radius 3 is 2.72 bits per heavy atom. The molecule has 0 amide bonds. The second-order valence-electron chi connectivity index (χ2n) is 6.65. The smallest absolute Gasteiger partial charge is 0.191 e. The van der Waals surface area contributed by atoms with Crippen LogP contribution in [0.3, 0.4) is 0 Å². The van der Waals surface area contributed by atoms with Gasteiger partial charge in [0.1, 0.15) is 0 Å². The molecule has 0 atom stereocenters. The van der Waals surface area contributed by atoms with Gasteiger partial charge in [0.05, 0.1) is 5.69 Å². The number of aliphatic imine (C=N–C) groups is 1. The van der Waals surface area contributed by atoms with Crippen molar-refractivity contribution in [1.82, 2.24) is 20.4 Å². The van der Waals surface area contributed by atoms with E-state index in [4.69, 9.17) is 0 Å². The monoisotopic (exact) mass is 453 g/mol. The van der Waals surface area contributed by atoms with Crippen LogP contribution in [0.2, 0.25) is 0 Å². The maximum absolute atomic E-state index is 4.37. The first-order chi connectivity index (χ1) is 11.7. The molecular weight excluding hydrogens is 425 g/mol. The number of guanidine groups is 1. The molecule has 0 spiro atoms. The molecule has 1 fully saturated rings. The molecule has 2 N–H and O–H groups in total. The Kier molecular flexibility index (Phi) is 7.74. The van der Waals surface area contributed by atoms with Crippen molar-refractivity contribution in [2.45, 2.75) is 45.2 Å². The van der Waals surface area contributed by atoms with Gasteiger partial charge in [0.25, 0.3) is 0 Å². The predicted molar refractivity (Wildman–Crippen MR) is 114 cm³/mol. The van der Waals surface area contributed by atoms with Gasteiger partial charge in [-0.25, -0.2) is 4.68 Å². The van der Waals surface area contributed by atoms with Crippen LogP contribution in [0.25, 0.3) is 5.69 Å². The Hall–Kier alpha value is -1.57. The van der Waals surface area contributed by atoms with Gasteiger partial charge in [0, 0.05) is 32.0 Å². The van der Waals surface area contributed by atoms with Gasteiger partial charge < -0.3 is 10.6 Å². The first-order valence-corrected chi connectivity index (χ1v) is 8.80. The van der Waals surface area contributed by atoms with Gasteiger partial charge in [0.2, 0.25) is 0 Å². The predicted octanol–water partition coefficient (Wildman–Crippen LogP) is 3.73. The maximum Gasteiger partial charge on any atom is 0.191 e. The molecule has 3 rings (SSSR count). The van der Waals surface area contributed by atoms with Crippen LogP contribution in [0.4, 0.5) is 0 Å². The first kappa shape index (κ1) is 19.8. The minimum atomic E-state index is 0. The lowest BCUT2D eigenvalue weighted by atomic mass is 9.87. The number of nitrogens with zero attached hydrogens (tertiary/aromatic N) is 3. The number of rotatable bonds is 4. The van der Waals surface area contributed by atoms with E-state index in [1.54, 1.807) is 6.20 Å². The third-order valence-corrected chi connectivity index (χ3v) is 4.72. The van der Waals surface area contributed by atoms with Crippen molar-refractivity contribution >= 4 is 29.9 Å². The number of halogens is 1. The molecule has 0 unspecified atom stereocenters. The van der Waals surface area contributed by atoms with Gasteiger partial charge in [-0.2, -0.15) is 5.10 Å². The third-order valence-electron chi connectivity index (χ3n) is 4.72. The van der Waals surface area contributed by atoms with Crippen molar-refractivity contribution in [3.05, 3.63) is 48.3 Å². The fourth-order valence-electron chi connectivity index (χ4n) is 3.21. The highest BCUT2D eigenvalue weighted by Crippen LogP contribution is 2.23. The number of nitrogens with one attached hydrogen (secondary N) is 2. The highest BCUT2D eigenvalue weighted by Gasteiger charge is 2.18. The van der Waals surface area contributed by atoms with Crippen molar-refractivity contribution in [2.75, 3.05) is 7.05 Å². The van der Waals surface area contributed by atoms with Crippen LogP contribution in [0.5, 0.6) is 0 Å². The molecule has 0 saturated heterocycles. The molecule has 0 bridgehead atoms. The Morgan fingerprint density at radius 2 is 2.04 bits per heavy atom. The molecule has 5 nitrogen and oxygen atoms in total. The van der Waals surface area contributed by atoms with Crippen LogP contribution in [-0.4, -0.2) is 28.8 Å². The summed E-state index contributed by atoms with van der Waals surface area (Å²) < 4.78 is 1.87. The number of hydrogen-bond acceptors (Lipinski definition) is 2. The molecule has 6 heteroatoms. The van der Waals surface area contributed by atoms with E-state index in [2.05, 4.69) is 51.9 Å². The van der Waals surface area contributed by atoms with Gasteiger partial charge in [-0.3, -0.25) is 4.99 Å². The molecule has 136 valence electrons. The molecule has 1 aromatic heterocycles. The molecular formula is C19H28IN5. The molecule has 0 aliphatic heterocycles. The molecule has 0 radical (unpaired) electrons. The Bertz CT molecular complexity index is 660. The summed E-state index contributed by atoms with van der Waals surface area (Å²) in [6, 6.07) is 10.9. The number of hydrogen-bond donors (Lipinski definition) is 2. The van der Waals surface area contributed by atoms with E-state index in [-0.39, 0.29) is 24.0 Å². The maximum atomic E-state index is 4.37. The summed E-state index contributed by atoms with van der Waals surface area (Å²) in [4.78, 5) is 4.37. The van der Waals surface area contributed by atoms with Crippen LogP contribution in [0, 0.1) is 5.92 Å². The summed E-state index contributed by atoms with van der Waals surface area (Å²) in [6.07, 6.45) is 8.83. The van der Waals surface area contributed by atoms with Crippen LogP contribution >= 0.6 is 24.0 Å². The minimum Gasteiger partial charge on any atom is -0.354 e. The lowest BCUT2D eigenvalue weighted by molar-refractivity contribution is 0.329. The van der Waals surface area contributed by atoms with Gasteiger partial charge >= 0.3 is 0 Å². The Labute approximate surface area is 167 Å². The summed E-state index contributed by atoms with van der Waals surface area (Å²) in [5, 5.41) is 11.3. The topological polar surface area (TPSA) is 54.2 Å². The van der Waals surface area contributed by atoms with Gasteiger partial charge in [-0.15, -0.1) is 24.0 Å². The van der Waals surface area contributed by atoms with Crippen molar-refractivity contribution in [3.8, 4) is 5.69 Å². The van der Waals surface area contributed by atoms with E-state index < -0.39 is 0 Å². The highest BCUT2D eigenvalue weighted by atomic mass is 127. The van der Waals surface area contributed by atoms with E-state index in [0.717, 1.165) is 24.1 Å². The zero-order valence-corrected chi connectivity index (χ0v) is 17.3. The molecule has 2 aromatic rings. The zero-order valence-electron chi connectivity index (χ0n) is 15.0. The van der Waals surface area contributed by atoms with Crippen LogP contribution in [-0.2, 0) is 6.54 Å². The van der Waals surface area contributed by atoms with Crippen molar-refractivity contribution in [2.24, 2.45) is 10.9 Å². The van der Waals surface area contributed by atoms with Crippen LogP contribution in [0.15, 0.2) is 47.7 Å². The van der Waals surface area contributed by atoms with Crippen LogP contribution < -0.4 is 10.6 Å². The largest absolute Gasteiger partial charge is 0.354 e. The van der Waals surface area contributed by atoms with E-state index in [0.29, 0.717) is 6.04 Å². The number of aromatic nitrogens is 2. The second kappa shape index (κ2) is 9.79. The van der Waals surface area contributed by atoms with Crippen LogP contribution in [0.1, 0.15) is 38.2 Å². The highest BCUT2D eigenvalue weighted by molar-refractivity contribution is 14.0. The third kappa shape index (κ3) is 5.73. The van der Waals surface area contributed by atoms with E-state index in [1.807, 2.05) is 24.0 Å². The van der Waals surface area contributed by atoms with Crippen molar-refractivity contribution < 1.29 is 0 Å². The fraction of sp³-hybridized carbons (Fsp3) is 0.474. The molecule has 1 saturated carbocycles. The summed E-state index contributed by atoms with van der Waals surface area (Å²) in [5.41, 5.74) is 2.28. The van der Waals surface area contributed by atoms with Gasteiger partial charge in [0.15, 0.2) is 5.96 Å². The normalized spacial score (nSPS) is 20.6. The standard InChI is InChI=1S/C19H27N5.HI/c1-15-7-9-17(10-8-15)23-19(20-2)21-14-16-5-3-6-18(13-16)24-12-4-11-22-24;/h3-6,11-13,15,17H,7-10,14H2,1-2H3,(H2,20,21,23);1H. The summed E-state index contributed by atoms with van der Waals surface area (Å²) in [6.45, 7) is 3.09. The first-order valence-electron chi connectivity index (χ1n) is 8.80. The average Bonchev–Trinajstić information content (AvgIpc) is 3.15. The Balaban J connectivity index is 0.00000225. The SMILES string of the molecule is CN=C(NCc1cccc(-n2cccn2)c1)NC1CCC(C)CC1.I. The minimum absolute atomic E-state index is 0. The quantitative estimate of drug-likeness (QED) is 0.422. The van der Waals surface area contributed by atoms with E-state index in [1.165, 1.54) is 31.2 Å². The Morgan fingerprint density at radius 1 is 1.24 bits per heavy atom. The molecule has 1 aliphatic rings. The summed E-state index contributed by atoms with van der Waals surface area (Å²) in [5.74, 6) is 1.75. The summed E-state index contributed by atoms with van der Waals surface area (Å²) >= 11 is 0. The fourth-order valence-corrected chi connectivity index (χ4v) is 3.21. The second-order valence-corrected chi connectivity index (χ2v) is 6.65. The van der Waals surface area contributed by atoms with Gasteiger partial charge in [-0.1, -0.05) is 19.1 Å². The molecule has 25 heavy (non-hydrogen) atoms. The molecule has 1 aliphatic carbocycles. The van der Waals surface area contributed by atoms with Crippen molar-refractivity contribution in [3.63, 3.8) is 0 Å². The molecule has 1 aromatic carbocycles. The summed E-state index contributed by atoms with van der Waals surface area (Å²) in [7, 11) is 1.83. The molecule has 1 heterocycles. The van der Waals surface area contributed by atoms with E-state index in [9.17, 15) is 0 Å².